The van der Waals surface area contributed by atoms with Crippen molar-refractivity contribution in [1.82, 2.24) is 9.55 Å². The molecule has 8 heteroatoms. The molecule has 1 aliphatic heterocycles. The molecule has 1 aromatic rings. The molecule has 4 atom stereocenters. The number of nitrogens with one attached hydrogen (secondary N) is 1. The minimum Gasteiger partial charge on any atom is -0.394 e. The van der Waals surface area contributed by atoms with Gasteiger partial charge in [-0.3, -0.25) is 18.7 Å². The number of hydrogen-bond acceptors (Lipinski definition) is 5. The zero-order valence-corrected chi connectivity index (χ0v) is 10.2. The van der Waals surface area contributed by atoms with Crippen LogP contribution in [0.2, 0.25) is 0 Å². The Morgan fingerprint density at radius 1 is 1.58 bits per heavy atom. The van der Waals surface area contributed by atoms with Gasteiger partial charge in [-0.15, -0.1) is 0 Å². The van der Waals surface area contributed by atoms with Gasteiger partial charge in [-0.2, -0.15) is 0 Å². The Morgan fingerprint density at radius 2 is 2.26 bits per heavy atom. The van der Waals surface area contributed by atoms with E-state index >= 15 is 0 Å². The smallest absolute Gasteiger partial charge is 0.330 e. The number of aliphatic hydroxyl groups excluding tert-OH is 2. The number of alkyl halides is 1. The molecular formula is C11H15FN2O5. The molecule has 106 valence electrons. The van der Waals surface area contributed by atoms with Crippen LogP contribution in [0.3, 0.4) is 0 Å². The Hall–Kier alpha value is -1.51. The highest BCUT2D eigenvalue weighted by Crippen LogP contribution is 2.44. The van der Waals surface area contributed by atoms with Crippen LogP contribution < -0.4 is 11.2 Å². The van der Waals surface area contributed by atoms with E-state index in [4.69, 9.17) is 9.84 Å². The second kappa shape index (κ2) is 4.87. The summed E-state index contributed by atoms with van der Waals surface area (Å²) in [5, 5.41) is 19.1. The maximum absolute atomic E-state index is 13.3. The van der Waals surface area contributed by atoms with Crippen molar-refractivity contribution in [2.24, 2.45) is 5.41 Å². The van der Waals surface area contributed by atoms with Crippen molar-refractivity contribution in [1.29, 1.82) is 0 Å². The maximum atomic E-state index is 13.3. The van der Waals surface area contributed by atoms with Crippen molar-refractivity contribution in [3.05, 3.63) is 33.1 Å². The lowest BCUT2D eigenvalue weighted by Crippen LogP contribution is -2.43. The number of aromatic nitrogens is 2. The van der Waals surface area contributed by atoms with Gasteiger partial charge in [0.15, 0.2) is 0 Å². The molecule has 2 heterocycles. The largest absolute Gasteiger partial charge is 0.394 e. The average Bonchev–Trinajstić information content (AvgIpc) is 2.63. The van der Waals surface area contributed by atoms with Crippen LogP contribution in [0, 0.1) is 5.41 Å². The van der Waals surface area contributed by atoms with Gasteiger partial charge in [0, 0.05) is 12.3 Å². The fourth-order valence-corrected chi connectivity index (χ4v) is 2.25. The molecule has 0 spiro atoms. The number of aliphatic hydroxyl groups is 2. The first-order valence-corrected chi connectivity index (χ1v) is 5.76. The summed E-state index contributed by atoms with van der Waals surface area (Å²) in [6, 6.07) is 1.10. The van der Waals surface area contributed by atoms with E-state index in [0.717, 1.165) is 10.6 Å². The molecule has 0 aromatic carbocycles. The van der Waals surface area contributed by atoms with E-state index in [-0.39, 0.29) is 0 Å². The van der Waals surface area contributed by atoms with E-state index in [0.29, 0.717) is 0 Å². The van der Waals surface area contributed by atoms with E-state index in [9.17, 15) is 19.1 Å². The second-order valence-electron chi connectivity index (χ2n) is 4.81. The van der Waals surface area contributed by atoms with Gasteiger partial charge in [-0.25, -0.2) is 4.79 Å². The van der Waals surface area contributed by atoms with Gasteiger partial charge in [0.1, 0.15) is 19.0 Å². The van der Waals surface area contributed by atoms with Crippen LogP contribution in [0.25, 0.3) is 0 Å². The SMILES string of the molecule is C[C@@]1(CF)[C@H](O)C(CO)O[C@H]1n1ccc(=O)[nH]c1=O. The molecule has 2 rings (SSSR count). The number of rotatable bonds is 3. The summed E-state index contributed by atoms with van der Waals surface area (Å²) >= 11 is 0. The zero-order valence-electron chi connectivity index (χ0n) is 10.2. The van der Waals surface area contributed by atoms with Gasteiger partial charge < -0.3 is 14.9 Å². The quantitative estimate of drug-likeness (QED) is 0.639. The minimum atomic E-state index is -1.38. The van der Waals surface area contributed by atoms with Gasteiger partial charge in [-0.1, -0.05) is 6.92 Å². The number of ether oxygens (including phenoxy) is 1. The first kappa shape index (κ1) is 13.9. The number of halogens is 1. The van der Waals surface area contributed by atoms with E-state index in [1.807, 2.05) is 4.98 Å². The molecular weight excluding hydrogens is 259 g/mol. The van der Waals surface area contributed by atoms with Crippen molar-refractivity contribution < 1.29 is 19.3 Å². The van der Waals surface area contributed by atoms with Gasteiger partial charge in [-0.05, 0) is 0 Å². The zero-order chi connectivity index (χ0) is 14.2. The fraction of sp³-hybridized carbons (Fsp3) is 0.636. The van der Waals surface area contributed by atoms with E-state index in [2.05, 4.69) is 0 Å². The fourth-order valence-electron chi connectivity index (χ4n) is 2.25. The molecule has 0 saturated carbocycles. The number of hydrogen-bond donors (Lipinski definition) is 3. The van der Waals surface area contributed by atoms with Gasteiger partial charge in [0.05, 0.1) is 18.1 Å². The Labute approximate surface area is 107 Å². The summed E-state index contributed by atoms with van der Waals surface area (Å²) in [5.41, 5.74) is -2.72. The van der Waals surface area contributed by atoms with Crippen LogP contribution in [0.15, 0.2) is 21.9 Å². The highest BCUT2D eigenvalue weighted by atomic mass is 19.1. The van der Waals surface area contributed by atoms with Crippen LogP contribution in [0.4, 0.5) is 4.39 Å². The number of aromatic amines is 1. The van der Waals surface area contributed by atoms with Crippen molar-refractivity contribution in [3.8, 4) is 0 Å². The average molecular weight is 274 g/mol. The Bertz CT molecular complexity index is 571. The molecule has 0 radical (unpaired) electrons. The number of H-pyrrole nitrogens is 1. The molecule has 1 fully saturated rings. The third kappa shape index (κ3) is 2.11. The van der Waals surface area contributed by atoms with Gasteiger partial charge in [0.2, 0.25) is 0 Å². The van der Waals surface area contributed by atoms with Crippen molar-refractivity contribution in [3.63, 3.8) is 0 Å². The van der Waals surface area contributed by atoms with E-state index < -0.39 is 48.4 Å². The molecule has 3 N–H and O–H groups in total. The third-order valence-electron chi connectivity index (χ3n) is 3.47. The summed E-state index contributed by atoms with van der Waals surface area (Å²) in [6.07, 6.45) is -2.17. The standard InChI is InChI=1S/C11H15FN2O5/c1-11(5-12)8(17)6(4-15)19-9(11)14-3-2-7(16)13-10(14)18/h2-3,6,8-9,15,17H,4-5H2,1H3,(H,13,16,18)/t6?,8-,9-,11-/m1/s1. The predicted octanol–water partition coefficient (Wildman–Crippen LogP) is -1.24. The summed E-state index contributed by atoms with van der Waals surface area (Å²) < 4.78 is 19.6. The second-order valence-corrected chi connectivity index (χ2v) is 4.81. The first-order chi connectivity index (χ1) is 8.93. The highest BCUT2D eigenvalue weighted by Gasteiger charge is 2.54. The molecule has 1 saturated heterocycles. The summed E-state index contributed by atoms with van der Waals surface area (Å²) in [4.78, 5) is 24.7. The van der Waals surface area contributed by atoms with Crippen LogP contribution in [0.5, 0.6) is 0 Å². The van der Waals surface area contributed by atoms with Gasteiger partial charge in [0.25, 0.3) is 5.56 Å². The summed E-state index contributed by atoms with van der Waals surface area (Å²) in [5.74, 6) is 0. The van der Waals surface area contributed by atoms with Crippen LogP contribution >= 0.6 is 0 Å². The molecule has 7 nitrogen and oxygen atoms in total. The topological polar surface area (TPSA) is 105 Å². The third-order valence-corrected chi connectivity index (χ3v) is 3.47. The normalized spacial score (nSPS) is 34.6. The molecule has 0 aliphatic carbocycles. The molecule has 1 aromatic heterocycles. The Kier molecular flexibility index (Phi) is 3.57. The monoisotopic (exact) mass is 274 g/mol. The van der Waals surface area contributed by atoms with Crippen molar-refractivity contribution in [2.45, 2.75) is 25.4 Å². The molecule has 0 bridgehead atoms. The lowest BCUT2D eigenvalue weighted by atomic mass is 9.83. The Morgan fingerprint density at radius 3 is 2.79 bits per heavy atom. The lowest BCUT2D eigenvalue weighted by Gasteiger charge is -2.30. The molecule has 1 aliphatic rings. The maximum Gasteiger partial charge on any atom is 0.330 e. The Balaban J connectivity index is 2.48. The lowest BCUT2D eigenvalue weighted by molar-refractivity contribution is -0.0580. The van der Waals surface area contributed by atoms with Crippen LogP contribution in [0.1, 0.15) is 13.2 Å². The summed E-state index contributed by atoms with van der Waals surface area (Å²) in [6.45, 7) is -0.0260. The predicted molar refractivity (Wildman–Crippen MR) is 62.4 cm³/mol. The molecule has 19 heavy (non-hydrogen) atoms. The van der Waals surface area contributed by atoms with E-state index in [1.165, 1.54) is 13.1 Å². The van der Waals surface area contributed by atoms with Crippen LogP contribution in [-0.2, 0) is 4.74 Å². The minimum absolute atomic E-state index is 0.495. The van der Waals surface area contributed by atoms with Crippen molar-refractivity contribution in [2.75, 3.05) is 13.3 Å². The van der Waals surface area contributed by atoms with Crippen LogP contribution in [-0.4, -0.2) is 45.3 Å². The first-order valence-electron chi connectivity index (χ1n) is 5.76. The van der Waals surface area contributed by atoms with Crippen molar-refractivity contribution >= 4 is 0 Å². The molecule has 1 unspecified atom stereocenters. The van der Waals surface area contributed by atoms with E-state index in [1.54, 1.807) is 0 Å². The molecule has 0 amide bonds. The van der Waals surface area contributed by atoms with Gasteiger partial charge >= 0.3 is 5.69 Å². The highest BCUT2D eigenvalue weighted by molar-refractivity contribution is 4.99. The number of nitrogens with zero attached hydrogens (tertiary/aromatic N) is 1. The summed E-state index contributed by atoms with van der Waals surface area (Å²) in [7, 11) is 0.